The number of nitrogens with one attached hydrogen (secondary N) is 1. The lowest BCUT2D eigenvalue weighted by Crippen LogP contribution is -2.43. The minimum absolute atomic E-state index is 0.200. The summed E-state index contributed by atoms with van der Waals surface area (Å²) in [4.78, 5) is 21.0. The van der Waals surface area contributed by atoms with E-state index in [-0.39, 0.29) is 6.09 Å². The summed E-state index contributed by atoms with van der Waals surface area (Å²) in [5.74, 6) is 2.25. The Kier molecular flexibility index (Phi) is 8.86. The fourth-order valence-corrected chi connectivity index (χ4v) is 3.15. The number of likely N-dealkylation sites (N-methyl/N-ethyl adjacent to an activating group) is 1. The summed E-state index contributed by atoms with van der Waals surface area (Å²) >= 11 is 0. The minimum Gasteiger partial charge on any atom is -0.444 e. The highest BCUT2D eigenvalue weighted by Crippen LogP contribution is 2.28. The molecule has 0 atom stereocenters. The van der Waals surface area contributed by atoms with Crippen molar-refractivity contribution >= 4 is 12.1 Å². The van der Waals surface area contributed by atoms with Gasteiger partial charge in [-0.1, -0.05) is 0 Å². The lowest BCUT2D eigenvalue weighted by atomic mass is 9.97. The monoisotopic (exact) mass is 396 g/mol. The summed E-state index contributed by atoms with van der Waals surface area (Å²) in [5.41, 5.74) is -0.439. The highest BCUT2D eigenvalue weighted by atomic mass is 16.6. The zero-order valence-corrected chi connectivity index (χ0v) is 18.5. The molecule has 162 valence electrons. The van der Waals surface area contributed by atoms with E-state index in [1.807, 2.05) is 25.7 Å². The number of nitrogens with zero attached hydrogens (tertiary/aromatic N) is 3. The molecule has 0 unspecified atom stereocenters. The molecule has 2 fully saturated rings. The number of guanidine groups is 1. The van der Waals surface area contributed by atoms with Crippen LogP contribution >= 0.6 is 0 Å². The molecule has 1 heterocycles. The van der Waals surface area contributed by atoms with Gasteiger partial charge in [-0.2, -0.15) is 0 Å². The number of carbonyl (C=O) groups is 1. The van der Waals surface area contributed by atoms with E-state index >= 15 is 0 Å². The number of aliphatic imine (C=N–C) groups is 1. The molecular weight excluding hydrogens is 356 g/mol. The molecule has 7 nitrogen and oxygen atoms in total. The Morgan fingerprint density at radius 1 is 1.18 bits per heavy atom. The Bertz CT molecular complexity index is 506. The average molecular weight is 397 g/mol. The van der Waals surface area contributed by atoms with Gasteiger partial charge in [0, 0.05) is 46.4 Å². The Morgan fingerprint density at radius 2 is 1.86 bits per heavy atom. The minimum atomic E-state index is -0.439. The van der Waals surface area contributed by atoms with Gasteiger partial charge in [-0.3, -0.25) is 4.99 Å². The first kappa shape index (κ1) is 22.8. The van der Waals surface area contributed by atoms with E-state index in [0.29, 0.717) is 5.92 Å². The maximum Gasteiger partial charge on any atom is 0.410 e. The van der Waals surface area contributed by atoms with Crippen LogP contribution in [0.5, 0.6) is 0 Å². The van der Waals surface area contributed by atoms with Crippen molar-refractivity contribution in [3.05, 3.63) is 0 Å². The zero-order chi connectivity index (χ0) is 20.6. The number of rotatable bonds is 8. The molecule has 7 heteroatoms. The topological polar surface area (TPSA) is 66.4 Å². The third-order valence-electron chi connectivity index (χ3n) is 5.08. The lowest BCUT2D eigenvalue weighted by Gasteiger charge is -2.33. The summed E-state index contributed by atoms with van der Waals surface area (Å²) in [6.45, 7) is 13.4. The molecule has 1 saturated carbocycles. The van der Waals surface area contributed by atoms with Crippen LogP contribution < -0.4 is 5.32 Å². The van der Waals surface area contributed by atoms with Crippen molar-refractivity contribution in [2.75, 3.05) is 53.0 Å². The van der Waals surface area contributed by atoms with E-state index in [0.717, 1.165) is 70.7 Å². The molecule has 2 aliphatic rings. The fraction of sp³-hybridized carbons (Fsp3) is 0.905. The highest BCUT2D eigenvalue weighted by Gasteiger charge is 2.27. The van der Waals surface area contributed by atoms with Crippen LogP contribution in [0.4, 0.5) is 4.79 Å². The second-order valence-electron chi connectivity index (χ2n) is 9.05. The van der Waals surface area contributed by atoms with Crippen LogP contribution in [-0.2, 0) is 9.47 Å². The molecule has 1 aliphatic heterocycles. The molecule has 0 radical (unpaired) electrons. The molecule has 0 aromatic rings. The van der Waals surface area contributed by atoms with Crippen LogP contribution in [0.1, 0.15) is 53.4 Å². The molecule has 1 saturated heterocycles. The first-order valence-corrected chi connectivity index (χ1v) is 10.8. The maximum atomic E-state index is 12.2. The Labute approximate surface area is 170 Å². The summed E-state index contributed by atoms with van der Waals surface area (Å²) in [7, 11) is 2.06. The lowest BCUT2D eigenvalue weighted by molar-refractivity contribution is 0.0187. The number of ether oxygens (including phenoxy) is 2. The smallest absolute Gasteiger partial charge is 0.410 e. The number of piperidine rings is 1. The van der Waals surface area contributed by atoms with Crippen molar-refractivity contribution in [3.8, 4) is 0 Å². The van der Waals surface area contributed by atoms with Crippen LogP contribution in [-0.4, -0.2) is 80.4 Å². The van der Waals surface area contributed by atoms with E-state index in [2.05, 4.69) is 24.2 Å². The van der Waals surface area contributed by atoms with E-state index < -0.39 is 5.60 Å². The number of amides is 1. The normalized spacial score (nSPS) is 18.9. The average Bonchev–Trinajstić information content (AvgIpc) is 3.45. The van der Waals surface area contributed by atoms with E-state index in [4.69, 9.17) is 14.5 Å². The summed E-state index contributed by atoms with van der Waals surface area (Å²) in [6, 6.07) is 0. The molecule has 0 spiro atoms. The van der Waals surface area contributed by atoms with Gasteiger partial charge in [0.2, 0.25) is 0 Å². The van der Waals surface area contributed by atoms with Crippen molar-refractivity contribution in [1.82, 2.24) is 15.1 Å². The molecule has 28 heavy (non-hydrogen) atoms. The molecule has 0 aromatic heterocycles. The van der Waals surface area contributed by atoms with Crippen molar-refractivity contribution < 1.29 is 14.3 Å². The third kappa shape index (κ3) is 8.67. The van der Waals surface area contributed by atoms with Gasteiger partial charge in [0.25, 0.3) is 0 Å². The first-order valence-electron chi connectivity index (χ1n) is 10.8. The van der Waals surface area contributed by atoms with Crippen LogP contribution in [0.3, 0.4) is 0 Å². The van der Waals surface area contributed by atoms with Gasteiger partial charge in [-0.05, 0) is 65.2 Å². The van der Waals surface area contributed by atoms with Gasteiger partial charge in [0.15, 0.2) is 5.96 Å². The Balaban J connectivity index is 1.72. The standard InChI is InChI=1S/C21H40N4O3/c1-6-22-19(24(5)13-14-27-16-18-7-8-18)23-15-17-9-11-25(12-10-17)20(26)28-21(2,3)4/h17-18H,6-16H2,1-5H3,(H,22,23). The second kappa shape index (κ2) is 10.9. The Hall–Kier alpha value is -1.50. The Morgan fingerprint density at radius 3 is 2.43 bits per heavy atom. The van der Waals surface area contributed by atoms with Gasteiger partial charge in [-0.25, -0.2) is 4.79 Å². The van der Waals surface area contributed by atoms with Gasteiger partial charge in [0.05, 0.1) is 6.61 Å². The summed E-state index contributed by atoms with van der Waals surface area (Å²) < 4.78 is 11.2. The molecule has 1 aliphatic carbocycles. The molecule has 1 amide bonds. The number of likely N-dealkylation sites (tertiary alicyclic amines) is 1. The van der Waals surface area contributed by atoms with Crippen LogP contribution in [0.15, 0.2) is 4.99 Å². The number of hydrogen-bond donors (Lipinski definition) is 1. The largest absolute Gasteiger partial charge is 0.444 e. The second-order valence-corrected chi connectivity index (χ2v) is 9.05. The maximum absolute atomic E-state index is 12.2. The van der Waals surface area contributed by atoms with E-state index in [1.165, 1.54) is 12.8 Å². The van der Waals surface area contributed by atoms with Gasteiger partial charge in [-0.15, -0.1) is 0 Å². The van der Waals surface area contributed by atoms with E-state index in [9.17, 15) is 4.79 Å². The molecule has 0 aromatic carbocycles. The molecular formula is C21H40N4O3. The van der Waals surface area contributed by atoms with Crippen molar-refractivity contribution in [2.24, 2.45) is 16.8 Å². The summed E-state index contributed by atoms with van der Waals surface area (Å²) in [6.07, 6.45) is 4.39. The molecule has 2 rings (SSSR count). The first-order chi connectivity index (χ1) is 13.3. The fourth-order valence-electron chi connectivity index (χ4n) is 3.15. The van der Waals surface area contributed by atoms with Crippen LogP contribution in [0.25, 0.3) is 0 Å². The van der Waals surface area contributed by atoms with Crippen LogP contribution in [0.2, 0.25) is 0 Å². The van der Waals surface area contributed by atoms with Crippen molar-refractivity contribution in [3.63, 3.8) is 0 Å². The predicted molar refractivity (Wildman–Crippen MR) is 113 cm³/mol. The molecule has 1 N–H and O–H groups in total. The predicted octanol–water partition coefficient (Wildman–Crippen LogP) is 2.96. The molecule has 0 bridgehead atoms. The van der Waals surface area contributed by atoms with Crippen molar-refractivity contribution in [2.45, 2.75) is 59.0 Å². The van der Waals surface area contributed by atoms with Gasteiger partial charge < -0.3 is 24.6 Å². The van der Waals surface area contributed by atoms with E-state index in [1.54, 1.807) is 0 Å². The number of carbonyl (C=O) groups excluding carboxylic acids is 1. The van der Waals surface area contributed by atoms with Crippen LogP contribution in [0, 0.1) is 11.8 Å². The van der Waals surface area contributed by atoms with Gasteiger partial charge >= 0.3 is 6.09 Å². The quantitative estimate of drug-likeness (QED) is 0.388. The highest BCUT2D eigenvalue weighted by molar-refractivity contribution is 5.79. The number of hydrogen-bond acceptors (Lipinski definition) is 4. The van der Waals surface area contributed by atoms with Crippen molar-refractivity contribution in [1.29, 1.82) is 0 Å². The SMILES string of the molecule is CCNC(=NCC1CCN(C(=O)OC(C)(C)C)CC1)N(C)CCOCC1CC1. The summed E-state index contributed by atoms with van der Waals surface area (Å²) in [5, 5.41) is 3.37. The third-order valence-corrected chi connectivity index (χ3v) is 5.08. The van der Waals surface area contributed by atoms with Gasteiger partial charge in [0.1, 0.15) is 5.60 Å². The zero-order valence-electron chi connectivity index (χ0n) is 18.5.